The van der Waals surface area contributed by atoms with Crippen molar-refractivity contribution in [1.29, 1.82) is 0 Å². The van der Waals surface area contributed by atoms with E-state index in [-0.39, 0.29) is 41.3 Å². The molecule has 0 bridgehead atoms. The first-order chi connectivity index (χ1) is 15.1. The lowest BCUT2D eigenvalue weighted by Crippen LogP contribution is -2.21. The van der Waals surface area contributed by atoms with Gasteiger partial charge in [-0.15, -0.1) is 0 Å². The predicted molar refractivity (Wildman–Crippen MR) is 135 cm³/mol. The van der Waals surface area contributed by atoms with E-state index in [1.807, 2.05) is 25.1 Å². The Balaban J connectivity index is 2.30. The van der Waals surface area contributed by atoms with Gasteiger partial charge in [-0.05, 0) is 67.2 Å². The Hall–Kier alpha value is -1.75. The summed E-state index contributed by atoms with van der Waals surface area (Å²) in [6.45, 7) is 12.1. The quantitative estimate of drug-likeness (QED) is 0.143. The smallest absolute Gasteiger partial charge is 0.302 e. The third-order valence-corrected chi connectivity index (χ3v) is 7.22. The minimum Gasteiger partial charge on any atom is -0.507 e. The van der Waals surface area contributed by atoms with E-state index in [1.54, 1.807) is 0 Å². The van der Waals surface area contributed by atoms with Gasteiger partial charge in [0.25, 0.3) is 0 Å². The molecule has 0 amide bonds. The number of hydrogen-bond acceptors (Lipinski definition) is 4. The number of rotatable bonds is 11. The average Bonchev–Trinajstić information content (AvgIpc) is 2.71. The first-order valence-corrected chi connectivity index (χ1v) is 12.8. The van der Waals surface area contributed by atoms with Crippen LogP contribution in [0.15, 0.2) is 35.9 Å². The average molecular weight is 508 g/mol. The topological polar surface area (TPSA) is 66.8 Å². The van der Waals surface area contributed by atoms with Crippen molar-refractivity contribution in [1.82, 2.24) is 0 Å². The third kappa shape index (κ3) is 7.13. The lowest BCUT2D eigenvalue weighted by atomic mass is 9.72. The van der Waals surface area contributed by atoms with Crippen LogP contribution in [0.4, 0.5) is 0 Å². The minimum absolute atomic E-state index is 0.112. The molecular weight excluding hydrogens is 468 g/mol. The summed E-state index contributed by atoms with van der Waals surface area (Å²) < 4.78 is 5.19. The molecule has 1 aliphatic carbocycles. The van der Waals surface area contributed by atoms with Gasteiger partial charge in [-0.2, -0.15) is 0 Å². The highest BCUT2D eigenvalue weighted by Crippen LogP contribution is 2.48. The summed E-state index contributed by atoms with van der Waals surface area (Å²) in [5, 5.41) is 23.1. The largest absolute Gasteiger partial charge is 0.507 e. The van der Waals surface area contributed by atoms with Crippen LogP contribution in [0.1, 0.15) is 89.7 Å². The molecule has 1 aromatic rings. The third-order valence-electron chi connectivity index (χ3n) is 6.66. The molecule has 0 unspecified atom stereocenters. The predicted octanol–water partition coefficient (Wildman–Crippen LogP) is 7.28. The Kier molecular flexibility index (Phi) is 9.87. The number of phenols is 2. The van der Waals surface area contributed by atoms with E-state index in [4.69, 9.17) is 4.74 Å². The first kappa shape index (κ1) is 26.5. The second-order valence-electron chi connectivity index (χ2n) is 9.79. The number of benzene rings is 1. The summed E-state index contributed by atoms with van der Waals surface area (Å²) in [5.74, 6) is -0.162. The maximum atomic E-state index is 11.2. The SMILES string of the molecule is C=C(C)[C@@H]1CCC(COC(C)=O)=C[C@H]1c1c(O)cc(C(C)(C)CCCCCCBr)cc1O. The second kappa shape index (κ2) is 11.9. The van der Waals surface area contributed by atoms with Gasteiger partial charge in [-0.1, -0.05) is 67.3 Å². The molecule has 0 aromatic heterocycles. The number of hydrogen-bond donors (Lipinski definition) is 2. The van der Waals surface area contributed by atoms with Crippen molar-refractivity contribution in [2.24, 2.45) is 5.92 Å². The van der Waals surface area contributed by atoms with E-state index in [1.165, 1.54) is 26.2 Å². The second-order valence-corrected chi connectivity index (χ2v) is 10.6. The molecule has 1 aromatic carbocycles. The minimum atomic E-state index is -0.311. The number of allylic oxidation sites excluding steroid dienone is 2. The molecule has 178 valence electrons. The summed E-state index contributed by atoms with van der Waals surface area (Å²) in [7, 11) is 0. The van der Waals surface area contributed by atoms with Crippen molar-refractivity contribution in [3.63, 3.8) is 0 Å². The van der Waals surface area contributed by atoms with E-state index in [2.05, 4.69) is 36.4 Å². The molecule has 5 heteroatoms. The van der Waals surface area contributed by atoms with E-state index in [9.17, 15) is 15.0 Å². The fraction of sp³-hybridized carbons (Fsp3) is 0.593. The van der Waals surface area contributed by atoms with Crippen molar-refractivity contribution >= 4 is 21.9 Å². The molecule has 0 spiro atoms. The van der Waals surface area contributed by atoms with Gasteiger partial charge in [0.15, 0.2) is 0 Å². The summed E-state index contributed by atoms with van der Waals surface area (Å²) in [4.78, 5) is 11.2. The molecule has 0 saturated carbocycles. The molecule has 0 aliphatic heterocycles. The van der Waals surface area contributed by atoms with Gasteiger partial charge >= 0.3 is 5.97 Å². The molecule has 0 saturated heterocycles. The van der Waals surface area contributed by atoms with Crippen LogP contribution >= 0.6 is 15.9 Å². The van der Waals surface area contributed by atoms with Gasteiger partial charge in [0.05, 0.1) is 0 Å². The molecule has 1 aliphatic rings. The number of phenolic OH excluding ortho intramolecular Hbond substituents is 2. The van der Waals surface area contributed by atoms with Crippen molar-refractivity contribution in [3.8, 4) is 11.5 Å². The fourth-order valence-electron chi connectivity index (χ4n) is 4.64. The zero-order chi connectivity index (χ0) is 23.9. The monoisotopic (exact) mass is 506 g/mol. The van der Waals surface area contributed by atoms with Crippen LogP contribution in [0.3, 0.4) is 0 Å². The van der Waals surface area contributed by atoms with Crippen LogP contribution in [0.5, 0.6) is 11.5 Å². The van der Waals surface area contributed by atoms with E-state index < -0.39 is 0 Å². The van der Waals surface area contributed by atoms with Crippen LogP contribution in [-0.2, 0) is 14.9 Å². The summed E-state index contributed by atoms with van der Waals surface area (Å²) in [6, 6.07) is 3.63. The van der Waals surface area contributed by atoms with Crippen LogP contribution in [0.25, 0.3) is 0 Å². The van der Waals surface area contributed by atoms with Gasteiger partial charge in [-0.25, -0.2) is 0 Å². The van der Waals surface area contributed by atoms with Crippen LogP contribution in [0, 0.1) is 5.92 Å². The Labute approximate surface area is 201 Å². The van der Waals surface area contributed by atoms with Crippen LogP contribution in [-0.4, -0.2) is 28.1 Å². The van der Waals surface area contributed by atoms with Gasteiger partial charge in [0, 0.05) is 23.7 Å². The van der Waals surface area contributed by atoms with Gasteiger partial charge in [0.2, 0.25) is 0 Å². The van der Waals surface area contributed by atoms with Crippen molar-refractivity contribution in [3.05, 3.63) is 47.1 Å². The molecule has 0 radical (unpaired) electrons. The van der Waals surface area contributed by atoms with E-state index >= 15 is 0 Å². The highest BCUT2D eigenvalue weighted by atomic mass is 79.9. The number of alkyl halides is 1. The molecule has 2 atom stereocenters. The lowest BCUT2D eigenvalue weighted by Gasteiger charge is -2.33. The van der Waals surface area contributed by atoms with E-state index in [0.29, 0.717) is 5.56 Å². The highest BCUT2D eigenvalue weighted by Gasteiger charge is 2.32. The molecular formula is C27H39BrO4. The number of carbonyl (C=O) groups excluding carboxylic acids is 1. The number of carbonyl (C=O) groups is 1. The molecule has 32 heavy (non-hydrogen) atoms. The highest BCUT2D eigenvalue weighted by molar-refractivity contribution is 9.09. The number of unbranched alkanes of at least 4 members (excludes halogenated alkanes) is 3. The molecule has 4 nitrogen and oxygen atoms in total. The summed E-state index contributed by atoms with van der Waals surface area (Å²) in [5.41, 5.74) is 3.37. The van der Waals surface area contributed by atoms with Gasteiger partial charge in [0.1, 0.15) is 18.1 Å². The number of esters is 1. The van der Waals surface area contributed by atoms with Crippen LogP contribution in [0.2, 0.25) is 0 Å². The Morgan fingerprint density at radius 1 is 1.16 bits per heavy atom. The van der Waals surface area contributed by atoms with Gasteiger partial charge in [-0.3, -0.25) is 4.79 Å². The summed E-state index contributed by atoms with van der Waals surface area (Å²) >= 11 is 3.48. The van der Waals surface area contributed by atoms with Crippen molar-refractivity contribution in [2.45, 2.75) is 84.0 Å². The Bertz CT molecular complexity index is 817. The standard InChI is InChI=1S/C27H39BrO4/c1-18(2)22-11-10-20(17-32-19(3)29)14-23(22)26-24(30)15-21(16-25(26)31)27(4,5)12-8-6-7-9-13-28/h14-16,22-23,30-31H,1,6-13,17H2,2-5H3/t22-,23+/m0/s1. The van der Waals surface area contributed by atoms with Crippen LogP contribution < -0.4 is 0 Å². The molecule has 2 rings (SSSR count). The maximum Gasteiger partial charge on any atom is 0.302 e. The number of halogens is 1. The van der Waals surface area contributed by atoms with Crippen molar-refractivity contribution in [2.75, 3.05) is 11.9 Å². The lowest BCUT2D eigenvalue weighted by molar-refractivity contribution is -0.140. The molecule has 2 N–H and O–H groups in total. The number of aromatic hydroxyl groups is 2. The summed E-state index contributed by atoms with van der Waals surface area (Å²) in [6.07, 6.45) is 9.39. The van der Waals surface area contributed by atoms with E-state index in [0.717, 1.165) is 47.7 Å². The fourth-order valence-corrected chi connectivity index (χ4v) is 5.04. The number of ether oxygens (including phenoxy) is 1. The van der Waals surface area contributed by atoms with Gasteiger partial charge < -0.3 is 14.9 Å². The zero-order valence-corrected chi connectivity index (χ0v) is 21.6. The molecule has 0 fully saturated rings. The Morgan fingerprint density at radius 3 is 2.34 bits per heavy atom. The zero-order valence-electron chi connectivity index (χ0n) is 20.0. The normalized spacial score (nSPS) is 18.8. The van der Waals surface area contributed by atoms with Crippen molar-refractivity contribution < 1.29 is 19.7 Å². The Morgan fingerprint density at radius 2 is 1.78 bits per heavy atom. The first-order valence-electron chi connectivity index (χ1n) is 11.7. The maximum absolute atomic E-state index is 11.2. The molecule has 0 heterocycles.